The van der Waals surface area contributed by atoms with Crippen LogP contribution in [0.25, 0.3) is 0 Å². The molecule has 0 spiro atoms. The molecular formula is C15H30N2O. The number of rotatable bonds is 2. The molecule has 1 aliphatic heterocycles. The molecule has 1 aliphatic carbocycles. The van der Waals surface area contributed by atoms with Gasteiger partial charge >= 0.3 is 0 Å². The molecule has 2 rings (SSSR count). The third-order valence-corrected chi connectivity index (χ3v) is 4.77. The first-order valence-electron chi connectivity index (χ1n) is 7.47. The third kappa shape index (κ3) is 2.89. The fourth-order valence-electron chi connectivity index (χ4n) is 4.10. The molecule has 1 saturated carbocycles. The van der Waals surface area contributed by atoms with Crippen molar-refractivity contribution < 1.29 is 4.74 Å². The number of nitrogens with zero attached hydrogens (tertiary/aromatic N) is 1. The van der Waals surface area contributed by atoms with Gasteiger partial charge in [-0.25, -0.2) is 0 Å². The van der Waals surface area contributed by atoms with Gasteiger partial charge in [-0.2, -0.15) is 0 Å². The van der Waals surface area contributed by atoms with Crippen LogP contribution in [0.15, 0.2) is 0 Å². The Morgan fingerprint density at radius 2 is 1.78 bits per heavy atom. The van der Waals surface area contributed by atoms with Crippen LogP contribution < -0.4 is 5.73 Å². The highest BCUT2D eigenvalue weighted by Crippen LogP contribution is 2.44. The monoisotopic (exact) mass is 254 g/mol. The van der Waals surface area contributed by atoms with Gasteiger partial charge in [0.1, 0.15) is 0 Å². The van der Waals surface area contributed by atoms with Crippen LogP contribution in [0.2, 0.25) is 0 Å². The molecule has 0 amide bonds. The predicted octanol–water partition coefficient (Wildman–Crippen LogP) is 2.39. The molecule has 0 aromatic carbocycles. The summed E-state index contributed by atoms with van der Waals surface area (Å²) in [6.45, 7) is 12.0. The van der Waals surface area contributed by atoms with Gasteiger partial charge in [0.2, 0.25) is 0 Å². The highest BCUT2D eigenvalue weighted by atomic mass is 16.5. The predicted molar refractivity (Wildman–Crippen MR) is 75.6 cm³/mol. The minimum absolute atomic E-state index is 0.216. The van der Waals surface area contributed by atoms with Crippen LogP contribution in [0, 0.1) is 5.41 Å². The van der Waals surface area contributed by atoms with Crippen molar-refractivity contribution in [2.75, 3.05) is 19.6 Å². The van der Waals surface area contributed by atoms with Crippen molar-refractivity contribution in [1.29, 1.82) is 0 Å². The lowest BCUT2D eigenvalue weighted by molar-refractivity contribution is -0.116. The van der Waals surface area contributed by atoms with E-state index in [0.717, 1.165) is 19.6 Å². The molecule has 3 heteroatoms. The van der Waals surface area contributed by atoms with Crippen molar-refractivity contribution in [3.63, 3.8) is 0 Å². The minimum atomic E-state index is 0.216. The lowest BCUT2D eigenvalue weighted by atomic mass is 9.67. The Bertz CT molecular complexity index is 282. The molecular weight excluding hydrogens is 224 g/mol. The molecule has 2 fully saturated rings. The van der Waals surface area contributed by atoms with Gasteiger partial charge in [-0.3, -0.25) is 4.90 Å². The molecule has 1 saturated heterocycles. The topological polar surface area (TPSA) is 38.5 Å². The van der Waals surface area contributed by atoms with Crippen LogP contribution in [0.3, 0.4) is 0 Å². The Balaban J connectivity index is 2.15. The van der Waals surface area contributed by atoms with Crippen LogP contribution >= 0.6 is 0 Å². The maximum Gasteiger partial charge on any atom is 0.0678 e. The van der Waals surface area contributed by atoms with Gasteiger partial charge in [0.25, 0.3) is 0 Å². The summed E-state index contributed by atoms with van der Waals surface area (Å²) in [6, 6.07) is 0. The molecule has 3 atom stereocenters. The molecule has 18 heavy (non-hydrogen) atoms. The first-order chi connectivity index (χ1) is 8.37. The van der Waals surface area contributed by atoms with E-state index in [1.165, 1.54) is 25.7 Å². The van der Waals surface area contributed by atoms with Gasteiger partial charge in [0, 0.05) is 25.2 Å². The number of morpholine rings is 1. The summed E-state index contributed by atoms with van der Waals surface area (Å²) in [5.74, 6) is 0. The van der Waals surface area contributed by atoms with Gasteiger partial charge in [-0.05, 0) is 38.5 Å². The quantitative estimate of drug-likeness (QED) is 0.822. The van der Waals surface area contributed by atoms with E-state index in [9.17, 15) is 0 Å². The van der Waals surface area contributed by atoms with Crippen molar-refractivity contribution >= 4 is 0 Å². The van der Waals surface area contributed by atoms with Crippen LogP contribution in [0.5, 0.6) is 0 Å². The Morgan fingerprint density at radius 1 is 1.17 bits per heavy atom. The first-order valence-corrected chi connectivity index (χ1v) is 7.47. The minimum Gasteiger partial charge on any atom is -0.373 e. The number of nitrogens with two attached hydrogens (primary N) is 1. The SMILES string of the molecule is C[C@@H]1CN(C2(CN)CCCC(C)(C)C2)C[C@H](C)O1. The van der Waals surface area contributed by atoms with Gasteiger partial charge < -0.3 is 10.5 Å². The summed E-state index contributed by atoms with van der Waals surface area (Å²) < 4.78 is 5.87. The first kappa shape index (κ1) is 14.3. The van der Waals surface area contributed by atoms with Crippen LogP contribution in [-0.2, 0) is 4.74 Å². The molecule has 3 nitrogen and oxygen atoms in total. The van der Waals surface area contributed by atoms with Gasteiger partial charge in [0.05, 0.1) is 12.2 Å². The number of hydrogen-bond donors (Lipinski definition) is 1. The molecule has 106 valence electrons. The highest BCUT2D eigenvalue weighted by molar-refractivity contribution is 5.01. The second-order valence-electron chi connectivity index (χ2n) is 7.29. The van der Waals surface area contributed by atoms with E-state index in [4.69, 9.17) is 10.5 Å². The summed E-state index contributed by atoms with van der Waals surface area (Å²) in [7, 11) is 0. The lowest BCUT2D eigenvalue weighted by Crippen LogP contribution is -2.62. The Kier molecular flexibility index (Phi) is 4.05. The molecule has 2 aliphatic rings. The zero-order valence-electron chi connectivity index (χ0n) is 12.5. The summed E-state index contributed by atoms with van der Waals surface area (Å²) in [5, 5.41) is 0. The molecule has 1 heterocycles. The van der Waals surface area contributed by atoms with E-state index in [1.54, 1.807) is 0 Å². The summed E-state index contributed by atoms with van der Waals surface area (Å²) in [6.07, 6.45) is 5.81. The molecule has 0 bridgehead atoms. The van der Waals surface area contributed by atoms with Crippen molar-refractivity contribution in [1.82, 2.24) is 4.90 Å². The highest BCUT2D eigenvalue weighted by Gasteiger charge is 2.45. The molecule has 0 radical (unpaired) electrons. The smallest absolute Gasteiger partial charge is 0.0678 e. The van der Waals surface area contributed by atoms with Crippen molar-refractivity contribution in [3.8, 4) is 0 Å². The van der Waals surface area contributed by atoms with E-state index in [2.05, 4.69) is 32.6 Å². The number of hydrogen-bond acceptors (Lipinski definition) is 3. The maximum absolute atomic E-state index is 6.20. The summed E-state index contributed by atoms with van der Waals surface area (Å²) >= 11 is 0. The van der Waals surface area contributed by atoms with Crippen molar-refractivity contribution in [2.24, 2.45) is 11.1 Å². The van der Waals surface area contributed by atoms with E-state index in [1.807, 2.05) is 0 Å². The largest absolute Gasteiger partial charge is 0.373 e. The van der Waals surface area contributed by atoms with E-state index in [-0.39, 0.29) is 5.54 Å². The molecule has 1 unspecified atom stereocenters. The van der Waals surface area contributed by atoms with Crippen molar-refractivity contribution in [2.45, 2.75) is 71.1 Å². The fraction of sp³-hybridized carbons (Fsp3) is 1.00. The molecule has 2 N–H and O–H groups in total. The average molecular weight is 254 g/mol. The van der Waals surface area contributed by atoms with Gasteiger partial charge in [-0.15, -0.1) is 0 Å². The fourth-order valence-corrected chi connectivity index (χ4v) is 4.10. The zero-order chi connectivity index (χ0) is 13.4. The second kappa shape index (κ2) is 5.10. The van der Waals surface area contributed by atoms with Gasteiger partial charge in [0.15, 0.2) is 0 Å². The molecule has 0 aromatic rings. The van der Waals surface area contributed by atoms with E-state index < -0.39 is 0 Å². The van der Waals surface area contributed by atoms with Crippen LogP contribution in [-0.4, -0.2) is 42.3 Å². The standard InChI is InChI=1S/C15H30N2O/c1-12-8-17(9-13(2)18-12)15(11-16)7-5-6-14(3,4)10-15/h12-13H,5-11,16H2,1-4H3/t12-,13+,15?. The zero-order valence-corrected chi connectivity index (χ0v) is 12.5. The Labute approximate surface area is 112 Å². The third-order valence-electron chi connectivity index (χ3n) is 4.77. The van der Waals surface area contributed by atoms with E-state index in [0.29, 0.717) is 17.6 Å². The Morgan fingerprint density at radius 3 is 2.28 bits per heavy atom. The maximum atomic E-state index is 6.20. The second-order valence-corrected chi connectivity index (χ2v) is 7.29. The van der Waals surface area contributed by atoms with Gasteiger partial charge in [-0.1, -0.05) is 20.3 Å². The summed E-state index contributed by atoms with van der Waals surface area (Å²) in [4.78, 5) is 2.63. The van der Waals surface area contributed by atoms with Crippen LogP contribution in [0.1, 0.15) is 53.4 Å². The van der Waals surface area contributed by atoms with Crippen molar-refractivity contribution in [3.05, 3.63) is 0 Å². The lowest BCUT2D eigenvalue weighted by Gasteiger charge is -2.53. The molecule has 0 aromatic heterocycles. The van der Waals surface area contributed by atoms with Crippen LogP contribution in [0.4, 0.5) is 0 Å². The average Bonchev–Trinajstić information content (AvgIpc) is 2.26. The Hall–Kier alpha value is -0.120. The summed E-state index contributed by atoms with van der Waals surface area (Å²) in [5.41, 5.74) is 6.85. The normalized spacial score (nSPS) is 41.8. The van der Waals surface area contributed by atoms with E-state index >= 15 is 0 Å². The number of ether oxygens (including phenoxy) is 1.